The van der Waals surface area contributed by atoms with Gasteiger partial charge in [0.25, 0.3) is 0 Å². The van der Waals surface area contributed by atoms with Gasteiger partial charge in [0.05, 0.1) is 6.10 Å². The van der Waals surface area contributed by atoms with E-state index in [2.05, 4.69) is 13.8 Å². The molecule has 0 aromatic heterocycles. The fourth-order valence-electron chi connectivity index (χ4n) is 7.81. The molecule has 2 N–H and O–H groups in total. The van der Waals surface area contributed by atoms with E-state index in [1.165, 1.54) is 0 Å². The van der Waals surface area contributed by atoms with Crippen LogP contribution in [0.15, 0.2) is 0 Å². The second-order valence-corrected chi connectivity index (χ2v) is 9.85. The number of hydrogen-bond donors (Lipinski definition) is 2. The van der Waals surface area contributed by atoms with Gasteiger partial charge in [-0.2, -0.15) is 0 Å². The fraction of sp³-hybridized carbons (Fsp3) is 0.905. The summed E-state index contributed by atoms with van der Waals surface area (Å²) in [5, 5.41) is 20.6. The van der Waals surface area contributed by atoms with Crippen LogP contribution in [0.2, 0.25) is 0 Å². The Kier molecular flexibility index (Phi) is 4.16. The van der Waals surface area contributed by atoms with Gasteiger partial charge >= 0.3 is 0 Å². The summed E-state index contributed by atoms with van der Waals surface area (Å²) in [5.41, 5.74) is -0.106. The van der Waals surface area contributed by atoms with Gasteiger partial charge in [-0.15, -0.1) is 0 Å². The molecular formula is C21H32O4. The summed E-state index contributed by atoms with van der Waals surface area (Å²) in [6.07, 6.45) is 6.62. The molecule has 4 heteroatoms. The van der Waals surface area contributed by atoms with E-state index in [4.69, 9.17) is 0 Å². The number of ketones is 2. The van der Waals surface area contributed by atoms with E-state index in [0.29, 0.717) is 42.8 Å². The Hall–Kier alpha value is -0.740. The zero-order valence-corrected chi connectivity index (χ0v) is 15.5. The molecule has 0 spiro atoms. The second kappa shape index (κ2) is 5.88. The van der Waals surface area contributed by atoms with Crippen LogP contribution in [0.4, 0.5) is 0 Å². The molecule has 4 aliphatic rings. The van der Waals surface area contributed by atoms with Crippen molar-refractivity contribution in [2.45, 2.75) is 71.3 Å². The van der Waals surface area contributed by atoms with E-state index >= 15 is 0 Å². The van der Waals surface area contributed by atoms with Crippen LogP contribution in [0, 0.1) is 40.4 Å². The Morgan fingerprint density at radius 1 is 1.16 bits per heavy atom. The van der Waals surface area contributed by atoms with Crippen molar-refractivity contribution >= 4 is 11.6 Å². The van der Waals surface area contributed by atoms with Crippen molar-refractivity contribution in [3.8, 4) is 0 Å². The lowest BCUT2D eigenvalue weighted by atomic mass is 9.44. The molecule has 140 valence electrons. The lowest BCUT2D eigenvalue weighted by Crippen LogP contribution is -2.59. The predicted octanol–water partition coefficient (Wildman–Crippen LogP) is 2.75. The van der Waals surface area contributed by atoms with Crippen LogP contribution in [-0.4, -0.2) is 34.5 Å². The van der Waals surface area contributed by atoms with Crippen molar-refractivity contribution in [3.05, 3.63) is 0 Å². The van der Waals surface area contributed by atoms with E-state index in [-0.39, 0.29) is 41.2 Å². The lowest BCUT2D eigenvalue weighted by Gasteiger charge is -2.61. The highest BCUT2D eigenvalue weighted by molar-refractivity contribution is 5.83. The standard InChI is InChI=1S/C21H32O4/c1-20-8-7-13(23)9-12(20)3-4-14-15-5-6-16(18(25)11-22)21(15,2)10-17(24)19(14)20/h12,14-17,19,22,24H,3-11H2,1-2H3/t12-,14+,15+,16-,17+,19+,20+,21+/m1/s1. The molecule has 4 aliphatic carbocycles. The Labute approximate surface area is 150 Å². The van der Waals surface area contributed by atoms with E-state index in [0.717, 1.165) is 32.1 Å². The van der Waals surface area contributed by atoms with E-state index in [1.54, 1.807) is 0 Å². The number of carbonyl (C=O) groups excluding carboxylic acids is 2. The fourth-order valence-corrected chi connectivity index (χ4v) is 7.81. The molecule has 0 unspecified atom stereocenters. The van der Waals surface area contributed by atoms with Gasteiger partial charge in [0, 0.05) is 18.8 Å². The zero-order chi connectivity index (χ0) is 18.0. The Morgan fingerprint density at radius 3 is 2.64 bits per heavy atom. The molecule has 0 aromatic rings. The quantitative estimate of drug-likeness (QED) is 0.805. The minimum atomic E-state index is -0.389. The van der Waals surface area contributed by atoms with E-state index < -0.39 is 0 Å². The lowest BCUT2D eigenvalue weighted by molar-refractivity contribution is -0.174. The summed E-state index contributed by atoms with van der Waals surface area (Å²) in [7, 11) is 0. The van der Waals surface area contributed by atoms with Crippen molar-refractivity contribution in [1.82, 2.24) is 0 Å². The maximum Gasteiger partial charge on any atom is 0.161 e. The van der Waals surface area contributed by atoms with E-state index in [1.807, 2.05) is 0 Å². The minimum Gasteiger partial charge on any atom is -0.393 e. The molecule has 0 aromatic carbocycles. The van der Waals surface area contributed by atoms with Crippen LogP contribution in [0.5, 0.6) is 0 Å². The summed E-state index contributed by atoms with van der Waals surface area (Å²) >= 11 is 0. The first-order chi connectivity index (χ1) is 11.8. The summed E-state index contributed by atoms with van der Waals surface area (Å²) in [4.78, 5) is 24.3. The van der Waals surface area contributed by atoms with Crippen molar-refractivity contribution < 1.29 is 19.8 Å². The second-order valence-electron chi connectivity index (χ2n) is 9.85. The van der Waals surface area contributed by atoms with Crippen LogP contribution in [-0.2, 0) is 9.59 Å². The topological polar surface area (TPSA) is 74.6 Å². The monoisotopic (exact) mass is 348 g/mol. The normalized spacial score (nSPS) is 52.2. The van der Waals surface area contributed by atoms with Gasteiger partial charge in [-0.1, -0.05) is 13.8 Å². The van der Waals surface area contributed by atoms with Gasteiger partial charge < -0.3 is 10.2 Å². The molecule has 0 saturated heterocycles. The van der Waals surface area contributed by atoms with Crippen LogP contribution in [0.3, 0.4) is 0 Å². The highest BCUT2D eigenvalue weighted by Crippen LogP contribution is 2.67. The Bertz CT molecular complexity index is 586. The molecule has 4 rings (SSSR count). The zero-order valence-electron chi connectivity index (χ0n) is 15.5. The Morgan fingerprint density at radius 2 is 1.92 bits per heavy atom. The molecule has 4 fully saturated rings. The van der Waals surface area contributed by atoms with Gasteiger partial charge in [-0.05, 0) is 73.0 Å². The largest absolute Gasteiger partial charge is 0.393 e. The molecule has 4 nitrogen and oxygen atoms in total. The van der Waals surface area contributed by atoms with Crippen molar-refractivity contribution in [3.63, 3.8) is 0 Å². The van der Waals surface area contributed by atoms with Crippen LogP contribution >= 0.6 is 0 Å². The number of fused-ring (bicyclic) bond motifs is 5. The first kappa shape index (κ1) is 17.7. The van der Waals surface area contributed by atoms with Gasteiger partial charge in [0.2, 0.25) is 0 Å². The first-order valence-corrected chi connectivity index (χ1v) is 10.1. The van der Waals surface area contributed by atoms with Gasteiger partial charge in [0.1, 0.15) is 12.4 Å². The maximum absolute atomic E-state index is 12.3. The third-order valence-corrected chi connectivity index (χ3v) is 8.95. The van der Waals surface area contributed by atoms with Gasteiger partial charge in [-0.3, -0.25) is 9.59 Å². The van der Waals surface area contributed by atoms with E-state index in [9.17, 15) is 19.8 Å². The molecule has 0 radical (unpaired) electrons. The molecular weight excluding hydrogens is 316 g/mol. The average molecular weight is 348 g/mol. The SMILES string of the molecule is C[C@]12CCC(=O)C[C@H]1CC[C@@H]1[C@H]2[C@@H](O)C[C@]2(C)[C@@H](C(=O)CO)CC[C@@H]12. The molecule has 0 heterocycles. The molecule has 8 atom stereocenters. The minimum absolute atomic E-state index is 0.0428. The number of hydrogen-bond acceptors (Lipinski definition) is 4. The van der Waals surface area contributed by atoms with Gasteiger partial charge in [-0.25, -0.2) is 0 Å². The number of aliphatic hydroxyl groups is 2. The summed E-state index contributed by atoms with van der Waals surface area (Å²) < 4.78 is 0. The third kappa shape index (κ3) is 2.39. The molecule has 0 bridgehead atoms. The summed E-state index contributed by atoms with van der Waals surface area (Å²) in [6, 6.07) is 0. The molecule has 0 amide bonds. The maximum atomic E-state index is 12.3. The number of carbonyl (C=O) groups is 2. The third-order valence-electron chi connectivity index (χ3n) is 8.95. The van der Waals surface area contributed by atoms with Crippen molar-refractivity contribution in [2.75, 3.05) is 6.61 Å². The number of aliphatic hydroxyl groups excluding tert-OH is 2. The predicted molar refractivity (Wildman–Crippen MR) is 93.7 cm³/mol. The molecule has 0 aliphatic heterocycles. The number of Topliss-reactive ketones (excluding diaryl/α,β-unsaturated/α-hetero) is 2. The van der Waals surface area contributed by atoms with Crippen molar-refractivity contribution in [1.29, 1.82) is 0 Å². The summed E-state index contributed by atoms with van der Waals surface area (Å²) in [5.74, 6) is 1.86. The van der Waals surface area contributed by atoms with Crippen LogP contribution in [0.1, 0.15) is 65.2 Å². The molecule has 4 saturated carbocycles. The van der Waals surface area contributed by atoms with Gasteiger partial charge in [0.15, 0.2) is 5.78 Å². The first-order valence-electron chi connectivity index (χ1n) is 10.1. The molecule has 25 heavy (non-hydrogen) atoms. The van der Waals surface area contributed by atoms with Crippen molar-refractivity contribution in [2.24, 2.45) is 40.4 Å². The highest BCUT2D eigenvalue weighted by Gasteiger charge is 2.63. The highest BCUT2D eigenvalue weighted by atomic mass is 16.3. The Balaban J connectivity index is 1.66. The smallest absolute Gasteiger partial charge is 0.161 e. The van der Waals surface area contributed by atoms with Crippen LogP contribution < -0.4 is 0 Å². The summed E-state index contributed by atoms with van der Waals surface area (Å²) in [6.45, 7) is 4.12. The number of rotatable bonds is 2. The van der Waals surface area contributed by atoms with Crippen LogP contribution in [0.25, 0.3) is 0 Å². The average Bonchev–Trinajstić information content (AvgIpc) is 2.91.